The number of aliphatic hydroxyl groups excluding tert-OH is 1. The van der Waals surface area contributed by atoms with E-state index in [4.69, 9.17) is 5.11 Å². The largest absolute Gasteiger partial charge is 0.395 e. The van der Waals surface area contributed by atoms with E-state index in [1.807, 2.05) is 19.1 Å². The third-order valence-corrected chi connectivity index (χ3v) is 5.71. The zero-order valence-electron chi connectivity index (χ0n) is 11.2. The normalized spacial score (nSPS) is 16.6. The highest BCUT2D eigenvalue weighted by Gasteiger charge is 2.34. The first kappa shape index (κ1) is 14.5. The molecule has 2 rings (SSSR count). The fraction of sp³-hybridized carbons (Fsp3) is 0.571. The molecule has 0 saturated heterocycles. The Bertz CT molecular complexity index is 506. The highest BCUT2D eigenvalue weighted by molar-refractivity contribution is 7.89. The molecule has 0 aliphatic heterocycles. The van der Waals surface area contributed by atoms with Gasteiger partial charge in [0, 0.05) is 12.6 Å². The van der Waals surface area contributed by atoms with E-state index in [-0.39, 0.29) is 19.2 Å². The van der Waals surface area contributed by atoms with Crippen LogP contribution in [0.15, 0.2) is 29.2 Å². The quantitative estimate of drug-likeness (QED) is 0.866. The van der Waals surface area contributed by atoms with Crippen LogP contribution in [-0.2, 0) is 16.4 Å². The van der Waals surface area contributed by atoms with E-state index >= 15 is 0 Å². The van der Waals surface area contributed by atoms with E-state index in [9.17, 15) is 8.42 Å². The van der Waals surface area contributed by atoms with Gasteiger partial charge < -0.3 is 5.11 Å². The van der Waals surface area contributed by atoms with Crippen molar-refractivity contribution in [3.63, 3.8) is 0 Å². The molecule has 0 heterocycles. The van der Waals surface area contributed by atoms with Gasteiger partial charge in [0.2, 0.25) is 10.0 Å². The number of nitrogens with zero attached hydrogens (tertiary/aromatic N) is 1. The van der Waals surface area contributed by atoms with Crippen molar-refractivity contribution in [3.05, 3.63) is 29.8 Å². The summed E-state index contributed by atoms with van der Waals surface area (Å²) in [6.45, 7) is 2.08. The summed E-state index contributed by atoms with van der Waals surface area (Å²) in [6.07, 6.45) is 3.75. The van der Waals surface area contributed by atoms with Gasteiger partial charge in [-0.05, 0) is 37.0 Å². The standard InChI is InChI=1S/C14H21NO3S/c1-2-12-6-8-14(9-7-12)19(17,18)15(10-11-16)13-4-3-5-13/h6-9,13,16H,2-5,10-11H2,1H3. The van der Waals surface area contributed by atoms with E-state index in [1.54, 1.807) is 12.1 Å². The molecule has 1 aromatic carbocycles. The van der Waals surface area contributed by atoms with Crippen molar-refractivity contribution >= 4 is 10.0 Å². The van der Waals surface area contributed by atoms with E-state index in [0.29, 0.717) is 4.90 Å². The lowest BCUT2D eigenvalue weighted by Gasteiger charge is -2.36. The van der Waals surface area contributed by atoms with Gasteiger partial charge in [-0.2, -0.15) is 4.31 Å². The zero-order valence-corrected chi connectivity index (χ0v) is 12.1. The summed E-state index contributed by atoms with van der Waals surface area (Å²) >= 11 is 0. The van der Waals surface area contributed by atoms with E-state index in [1.165, 1.54) is 4.31 Å². The molecule has 1 N–H and O–H groups in total. The van der Waals surface area contributed by atoms with Gasteiger partial charge in [-0.25, -0.2) is 8.42 Å². The Kier molecular flexibility index (Phi) is 4.60. The topological polar surface area (TPSA) is 57.6 Å². The van der Waals surface area contributed by atoms with Crippen LogP contribution in [0.3, 0.4) is 0 Å². The molecule has 1 aromatic rings. The summed E-state index contributed by atoms with van der Waals surface area (Å²) in [5.74, 6) is 0. The molecule has 1 aliphatic rings. The molecule has 19 heavy (non-hydrogen) atoms. The number of benzene rings is 1. The Morgan fingerprint density at radius 1 is 1.26 bits per heavy atom. The second-order valence-corrected chi connectivity index (χ2v) is 6.81. The summed E-state index contributed by atoms with van der Waals surface area (Å²) < 4.78 is 26.6. The Morgan fingerprint density at radius 2 is 1.89 bits per heavy atom. The number of rotatable bonds is 6. The molecule has 4 nitrogen and oxygen atoms in total. The van der Waals surface area contributed by atoms with Crippen LogP contribution in [0, 0.1) is 0 Å². The minimum Gasteiger partial charge on any atom is -0.395 e. The summed E-state index contributed by atoms with van der Waals surface area (Å²) in [6, 6.07) is 7.09. The van der Waals surface area contributed by atoms with E-state index in [0.717, 1.165) is 31.2 Å². The van der Waals surface area contributed by atoms with Gasteiger partial charge in [0.15, 0.2) is 0 Å². The Morgan fingerprint density at radius 3 is 2.32 bits per heavy atom. The summed E-state index contributed by atoms with van der Waals surface area (Å²) in [4.78, 5) is 0.324. The van der Waals surface area contributed by atoms with Crippen LogP contribution in [0.1, 0.15) is 31.7 Å². The molecule has 1 aliphatic carbocycles. The number of hydrogen-bond donors (Lipinski definition) is 1. The van der Waals surface area contributed by atoms with Crippen LogP contribution in [0.4, 0.5) is 0 Å². The number of aliphatic hydroxyl groups is 1. The maximum atomic E-state index is 12.6. The summed E-state index contributed by atoms with van der Waals surface area (Å²) in [5.41, 5.74) is 1.12. The second kappa shape index (κ2) is 6.03. The molecule has 0 spiro atoms. The van der Waals surface area contributed by atoms with Crippen molar-refractivity contribution in [2.45, 2.75) is 43.5 Å². The lowest BCUT2D eigenvalue weighted by molar-refractivity contribution is 0.178. The van der Waals surface area contributed by atoms with Gasteiger partial charge in [-0.15, -0.1) is 0 Å². The Balaban J connectivity index is 2.26. The number of aryl methyl sites for hydroxylation is 1. The fourth-order valence-corrected chi connectivity index (χ4v) is 3.98. The molecular formula is C14H21NO3S. The van der Waals surface area contributed by atoms with Crippen LogP contribution in [0.25, 0.3) is 0 Å². The van der Waals surface area contributed by atoms with Gasteiger partial charge >= 0.3 is 0 Å². The van der Waals surface area contributed by atoms with Crippen molar-refractivity contribution in [1.29, 1.82) is 0 Å². The SMILES string of the molecule is CCc1ccc(S(=O)(=O)N(CCO)C2CCC2)cc1. The molecule has 1 fully saturated rings. The van der Waals surface area contributed by atoms with Gasteiger partial charge in [-0.1, -0.05) is 25.5 Å². The average Bonchev–Trinajstić information content (AvgIpc) is 2.36. The van der Waals surface area contributed by atoms with Crippen LogP contribution in [0.2, 0.25) is 0 Å². The third kappa shape index (κ3) is 2.99. The second-order valence-electron chi connectivity index (χ2n) is 4.92. The monoisotopic (exact) mass is 283 g/mol. The molecule has 0 radical (unpaired) electrons. The highest BCUT2D eigenvalue weighted by Crippen LogP contribution is 2.29. The van der Waals surface area contributed by atoms with Crippen molar-refractivity contribution in [2.24, 2.45) is 0 Å². The number of hydrogen-bond acceptors (Lipinski definition) is 3. The van der Waals surface area contributed by atoms with Crippen molar-refractivity contribution in [3.8, 4) is 0 Å². The first-order valence-corrected chi connectivity index (χ1v) is 8.25. The molecule has 0 bridgehead atoms. The highest BCUT2D eigenvalue weighted by atomic mass is 32.2. The molecular weight excluding hydrogens is 262 g/mol. The smallest absolute Gasteiger partial charge is 0.243 e. The van der Waals surface area contributed by atoms with Crippen molar-refractivity contribution < 1.29 is 13.5 Å². The predicted octanol–water partition coefficient (Wildman–Crippen LogP) is 1.78. The van der Waals surface area contributed by atoms with Crippen molar-refractivity contribution in [2.75, 3.05) is 13.2 Å². The fourth-order valence-electron chi connectivity index (χ4n) is 2.30. The van der Waals surface area contributed by atoms with Gasteiger partial charge in [0.05, 0.1) is 11.5 Å². The van der Waals surface area contributed by atoms with Crippen LogP contribution < -0.4 is 0 Å². The lowest BCUT2D eigenvalue weighted by Crippen LogP contribution is -2.45. The van der Waals surface area contributed by atoms with Crippen LogP contribution in [-0.4, -0.2) is 37.0 Å². The van der Waals surface area contributed by atoms with E-state index in [2.05, 4.69) is 0 Å². The minimum atomic E-state index is -3.47. The molecule has 106 valence electrons. The minimum absolute atomic E-state index is 0.0583. The molecule has 0 amide bonds. The van der Waals surface area contributed by atoms with Crippen LogP contribution >= 0.6 is 0 Å². The maximum absolute atomic E-state index is 12.6. The van der Waals surface area contributed by atoms with Gasteiger partial charge in [0.25, 0.3) is 0 Å². The first-order valence-electron chi connectivity index (χ1n) is 6.81. The Labute approximate surface area is 115 Å². The van der Waals surface area contributed by atoms with Crippen LogP contribution in [0.5, 0.6) is 0 Å². The molecule has 0 atom stereocenters. The molecule has 1 saturated carbocycles. The molecule has 0 aromatic heterocycles. The molecule has 0 unspecified atom stereocenters. The third-order valence-electron chi connectivity index (χ3n) is 3.74. The Hall–Kier alpha value is -0.910. The number of sulfonamides is 1. The van der Waals surface area contributed by atoms with Gasteiger partial charge in [-0.3, -0.25) is 0 Å². The molecule has 5 heteroatoms. The van der Waals surface area contributed by atoms with E-state index < -0.39 is 10.0 Å². The average molecular weight is 283 g/mol. The van der Waals surface area contributed by atoms with Crippen molar-refractivity contribution in [1.82, 2.24) is 4.31 Å². The summed E-state index contributed by atoms with van der Waals surface area (Å²) in [5, 5.41) is 9.09. The first-order chi connectivity index (χ1) is 9.09. The zero-order chi connectivity index (χ0) is 13.9. The summed E-state index contributed by atoms with van der Waals surface area (Å²) in [7, 11) is -3.47. The van der Waals surface area contributed by atoms with Gasteiger partial charge in [0.1, 0.15) is 0 Å². The maximum Gasteiger partial charge on any atom is 0.243 e. The lowest BCUT2D eigenvalue weighted by atomic mass is 9.93. The predicted molar refractivity (Wildman–Crippen MR) is 74.4 cm³/mol.